The van der Waals surface area contributed by atoms with Crippen LogP contribution in [-0.2, 0) is 24.1 Å². The lowest BCUT2D eigenvalue weighted by molar-refractivity contribution is -0.129. The number of likely N-dealkylation sites (tertiary alicyclic amines) is 1. The van der Waals surface area contributed by atoms with Crippen LogP contribution in [-0.4, -0.2) is 44.0 Å². The summed E-state index contributed by atoms with van der Waals surface area (Å²) < 4.78 is 5.43. The molecule has 2 aromatic heterocycles. The number of aromatic nitrogens is 4. The van der Waals surface area contributed by atoms with Crippen LogP contribution < -0.4 is 0 Å². The Balaban J connectivity index is 1.23. The van der Waals surface area contributed by atoms with Crippen molar-refractivity contribution in [2.45, 2.75) is 44.4 Å². The molecule has 3 heterocycles. The summed E-state index contributed by atoms with van der Waals surface area (Å²) in [5, 5.41) is 3.99. The molecule has 29 heavy (non-hydrogen) atoms. The Morgan fingerprint density at radius 3 is 2.79 bits per heavy atom. The van der Waals surface area contributed by atoms with Crippen LogP contribution in [0.15, 0.2) is 41.2 Å². The fraction of sp³-hybridized carbons (Fsp3) is 0.409. The van der Waals surface area contributed by atoms with Crippen LogP contribution in [0, 0.1) is 0 Å². The van der Waals surface area contributed by atoms with Gasteiger partial charge in [-0.1, -0.05) is 23.4 Å². The van der Waals surface area contributed by atoms with Crippen LogP contribution in [0.25, 0.3) is 11.6 Å². The van der Waals surface area contributed by atoms with Crippen LogP contribution in [0.1, 0.15) is 47.8 Å². The standard InChI is InChI=1S/C22H23N5O2/c28-19(13-15-6-7-16-4-1-2-5-17(16)12-15)27-11-8-18(14-27)22-25-21(26-29-22)20-23-9-3-10-24-20/h3,6-7,9-10,12,18H,1-2,4-5,8,11,13-14H2/t18-/m1/s1. The summed E-state index contributed by atoms with van der Waals surface area (Å²) in [5.41, 5.74) is 3.98. The molecule has 0 unspecified atom stereocenters. The van der Waals surface area contributed by atoms with Gasteiger partial charge in [0.15, 0.2) is 0 Å². The van der Waals surface area contributed by atoms with Crippen molar-refractivity contribution < 1.29 is 9.32 Å². The number of nitrogens with zero attached hydrogens (tertiary/aromatic N) is 5. The maximum absolute atomic E-state index is 12.8. The number of carbonyl (C=O) groups excluding carboxylic acids is 1. The molecule has 5 rings (SSSR count). The van der Waals surface area contributed by atoms with Gasteiger partial charge in [-0.3, -0.25) is 4.79 Å². The van der Waals surface area contributed by atoms with E-state index < -0.39 is 0 Å². The molecular weight excluding hydrogens is 366 g/mol. The van der Waals surface area contributed by atoms with Gasteiger partial charge in [0.2, 0.25) is 23.4 Å². The van der Waals surface area contributed by atoms with Gasteiger partial charge in [0.1, 0.15) is 0 Å². The Hall–Kier alpha value is -3.09. The first kappa shape index (κ1) is 18.0. The maximum Gasteiger partial charge on any atom is 0.240 e. The molecule has 0 spiro atoms. The van der Waals surface area contributed by atoms with Gasteiger partial charge in [0, 0.05) is 25.5 Å². The lowest BCUT2D eigenvalue weighted by Gasteiger charge is -2.18. The molecule has 0 radical (unpaired) electrons. The average Bonchev–Trinajstić information content (AvgIpc) is 3.44. The van der Waals surface area contributed by atoms with E-state index in [9.17, 15) is 4.79 Å². The third-order valence-corrected chi connectivity index (χ3v) is 5.87. The summed E-state index contributed by atoms with van der Waals surface area (Å²) >= 11 is 0. The molecule has 2 aliphatic rings. The van der Waals surface area contributed by atoms with Crippen LogP contribution in [0.4, 0.5) is 0 Å². The third-order valence-electron chi connectivity index (χ3n) is 5.87. The first-order chi connectivity index (χ1) is 14.3. The number of rotatable bonds is 4. The van der Waals surface area contributed by atoms with Gasteiger partial charge < -0.3 is 9.42 Å². The van der Waals surface area contributed by atoms with E-state index in [2.05, 4.69) is 38.3 Å². The van der Waals surface area contributed by atoms with Crippen molar-refractivity contribution in [2.24, 2.45) is 0 Å². The molecule has 1 aliphatic heterocycles. The van der Waals surface area contributed by atoms with Crippen LogP contribution in [0.5, 0.6) is 0 Å². The Bertz CT molecular complexity index is 1020. The quantitative estimate of drug-likeness (QED) is 0.682. The van der Waals surface area contributed by atoms with Gasteiger partial charge in [0.25, 0.3) is 0 Å². The molecule has 7 nitrogen and oxygen atoms in total. The molecule has 0 saturated carbocycles. The normalized spacial score (nSPS) is 18.6. The Labute approximate surface area is 169 Å². The summed E-state index contributed by atoms with van der Waals surface area (Å²) in [6.45, 7) is 1.33. The number of amides is 1. The lowest BCUT2D eigenvalue weighted by Crippen LogP contribution is -2.30. The van der Waals surface area contributed by atoms with Crippen LogP contribution >= 0.6 is 0 Å². The number of fused-ring (bicyclic) bond motifs is 1. The van der Waals surface area contributed by atoms with Crippen molar-refractivity contribution >= 4 is 5.91 Å². The predicted octanol–water partition coefficient (Wildman–Crippen LogP) is 2.96. The van der Waals surface area contributed by atoms with Crippen LogP contribution in [0.3, 0.4) is 0 Å². The molecule has 1 saturated heterocycles. The summed E-state index contributed by atoms with van der Waals surface area (Å²) in [4.78, 5) is 27.5. The second-order valence-corrected chi connectivity index (χ2v) is 7.84. The second-order valence-electron chi connectivity index (χ2n) is 7.84. The zero-order chi connectivity index (χ0) is 19.6. The highest BCUT2D eigenvalue weighted by Crippen LogP contribution is 2.28. The van der Waals surface area contributed by atoms with Gasteiger partial charge in [-0.05, 0) is 54.9 Å². The van der Waals surface area contributed by atoms with E-state index in [1.165, 1.54) is 24.0 Å². The van der Waals surface area contributed by atoms with Crippen molar-refractivity contribution in [1.82, 2.24) is 25.0 Å². The van der Waals surface area contributed by atoms with Gasteiger partial charge in [-0.25, -0.2) is 9.97 Å². The van der Waals surface area contributed by atoms with Crippen LogP contribution in [0.2, 0.25) is 0 Å². The molecule has 1 aliphatic carbocycles. The Kier molecular flexibility index (Phi) is 4.79. The predicted molar refractivity (Wildman–Crippen MR) is 106 cm³/mol. The largest absolute Gasteiger partial charge is 0.342 e. The van der Waals surface area contributed by atoms with Crippen molar-refractivity contribution in [3.63, 3.8) is 0 Å². The number of benzene rings is 1. The molecule has 0 bridgehead atoms. The second kappa shape index (κ2) is 7.73. The fourth-order valence-electron chi connectivity index (χ4n) is 4.28. The average molecular weight is 389 g/mol. The van der Waals surface area contributed by atoms with Crippen molar-refractivity contribution in [3.8, 4) is 11.6 Å². The first-order valence-electron chi connectivity index (χ1n) is 10.3. The number of carbonyl (C=O) groups is 1. The van der Waals surface area contributed by atoms with E-state index in [4.69, 9.17) is 4.52 Å². The zero-order valence-electron chi connectivity index (χ0n) is 16.3. The van der Waals surface area contributed by atoms with E-state index in [1.807, 2.05) is 4.90 Å². The van der Waals surface area contributed by atoms with E-state index in [-0.39, 0.29) is 11.8 Å². The molecule has 1 fully saturated rings. The number of hydrogen-bond donors (Lipinski definition) is 0. The van der Waals surface area contributed by atoms with Gasteiger partial charge in [0.05, 0.1) is 12.3 Å². The van der Waals surface area contributed by atoms with E-state index in [1.54, 1.807) is 18.5 Å². The minimum atomic E-state index is 0.0624. The number of aryl methyl sites for hydroxylation is 2. The zero-order valence-corrected chi connectivity index (χ0v) is 16.3. The molecule has 1 atom stereocenters. The maximum atomic E-state index is 12.8. The smallest absolute Gasteiger partial charge is 0.240 e. The van der Waals surface area contributed by atoms with Crippen molar-refractivity contribution in [1.29, 1.82) is 0 Å². The Morgan fingerprint density at radius 2 is 1.93 bits per heavy atom. The highest BCUT2D eigenvalue weighted by atomic mass is 16.5. The summed E-state index contributed by atoms with van der Waals surface area (Å²) in [6, 6.07) is 8.28. The number of hydrogen-bond acceptors (Lipinski definition) is 6. The van der Waals surface area contributed by atoms with Gasteiger partial charge in [-0.2, -0.15) is 4.98 Å². The van der Waals surface area contributed by atoms with Crippen molar-refractivity contribution in [2.75, 3.05) is 13.1 Å². The first-order valence-corrected chi connectivity index (χ1v) is 10.3. The van der Waals surface area contributed by atoms with E-state index in [0.29, 0.717) is 37.0 Å². The minimum absolute atomic E-state index is 0.0624. The Morgan fingerprint density at radius 1 is 1.10 bits per heavy atom. The summed E-state index contributed by atoms with van der Waals surface area (Å²) in [5.74, 6) is 1.61. The molecular formula is C22H23N5O2. The highest BCUT2D eigenvalue weighted by molar-refractivity contribution is 5.79. The highest BCUT2D eigenvalue weighted by Gasteiger charge is 2.31. The van der Waals surface area contributed by atoms with Crippen molar-refractivity contribution in [3.05, 3.63) is 59.2 Å². The molecule has 0 N–H and O–H groups in total. The molecule has 7 heteroatoms. The minimum Gasteiger partial charge on any atom is -0.342 e. The van der Waals surface area contributed by atoms with Gasteiger partial charge in [-0.15, -0.1) is 0 Å². The van der Waals surface area contributed by atoms with E-state index >= 15 is 0 Å². The van der Waals surface area contributed by atoms with E-state index in [0.717, 1.165) is 24.8 Å². The topological polar surface area (TPSA) is 85.0 Å². The summed E-state index contributed by atoms with van der Waals surface area (Å²) in [6.07, 6.45) is 9.39. The lowest BCUT2D eigenvalue weighted by atomic mass is 9.90. The molecule has 1 amide bonds. The monoisotopic (exact) mass is 389 g/mol. The fourth-order valence-corrected chi connectivity index (χ4v) is 4.28. The molecule has 1 aromatic carbocycles. The van der Waals surface area contributed by atoms with Gasteiger partial charge >= 0.3 is 0 Å². The third kappa shape index (κ3) is 3.77. The summed E-state index contributed by atoms with van der Waals surface area (Å²) in [7, 11) is 0. The SMILES string of the molecule is O=C(Cc1ccc2c(c1)CCCC2)N1CC[C@@H](c2nc(-c3ncccn3)no2)C1. The molecule has 3 aromatic rings. The molecule has 148 valence electrons.